The van der Waals surface area contributed by atoms with Crippen LogP contribution in [0.3, 0.4) is 0 Å². The molecule has 0 spiro atoms. The van der Waals surface area contributed by atoms with Crippen LogP contribution in [-0.2, 0) is 0 Å². The van der Waals surface area contributed by atoms with E-state index in [1.807, 2.05) is 12.1 Å². The van der Waals surface area contributed by atoms with Crippen LogP contribution >= 0.6 is 0 Å². The van der Waals surface area contributed by atoms with Gasteiger partial charge >= 0.3 is 11.6 Å². The average Bonchev–Trinajstić information content (AvgIpc) is 2.47. The molecule has 0 fully saturated rings. The smallest absolute Gasteiger partial charge is 0.349 e. The summed E-state index contributed by atoms with van der Waals surface area (Å²) in [6, 6.07) is 7.37. The summed E-state index contributed by atoms with van der Waals surface area (Å²) in [6.45, 7) is 4.18. The van der Waals surface area contributed by atoms with E-state index in [2.05, 4.69) is 29.1 Å². The summed E-state index contributed by atoms with van der Waals surface area (Å²) in [5.74, 6) is 1.07. The molecule has 0 aliphatic rings. The summed E-state index contributed by atoms with van der Waals surface area (Å²) in [4.78, 5) is 18.2. The second kappa shape index (κ2) is 6.17. The van der Waals surface area contributed by atoms with Gasteiger partial charge in [0.15, 0.2) is 0 Å². The normalized spacial score (nSPS) is 10.5. The third kappa shape index (κ3) is 3.44. The highest BCUT2D eigenvalue weighted by Gasteiger charge is 2.19. The van der Waals surface area contributed by atoms with Crippen LogP contribution in [0.2, 0.25) is 0 Å². The van der Waals surface area contributed by atoms with E-state index in [9.17, 15) is 10.1 Å². The zero-order valence-corrected chi connectivity index (χ0v) is 12.0. The summed E-state index contributed by atoms with van der Waals surface area (Å²) >= 11 is 0. The van der Waals surface area contributed by atoms with E-state index in [0.717, 1.165) is 11.8 Å². The van der Waals surface area contributed by atoms with Gasteiger partial charge in [-0.2, -0.15) is 4.98 Å². The Morgan fingerprint density at radius 1 is 1.29 bits per heavy atom. The van der Waals surface area contributed by atoms with Gasteiger partial charge in [0.25, 0.3) is 0 Å². The van der Waals surface area contributed by atoms with E-state index < -0.39 is 4.92 Å². The average molecular weight is 288 g/mol. The molecular formula is C14H16N4O3. The highest BCUT2D eigenvalue weighted by molar-refractivity contribution is 5.45. The number of hydrogen-bond acceptors (Lipinski definition) is 6. The molecule has 0 aliphatic carbocycles. The molecule has 7 nitrogen and oxygen atoms in total. The first kappa shape index (κ1) is 14.7. The maximum Gasteiger partial charge on any atom is 0.349 e. The van der Waals surface area contributed by atoms with Crippen molar-refractivity contribution in [3.05, 3.63) is 46.1 Å². The minimum atomic E-state index is -0.572. The fourth-order valence-corrected chi connectivity index (χ4v) is 1.71. The number of nitro groups is 1. The quantitative estimate of drug-likeness (QED) is 0.670. The number of anilines is 1. The summed E-state index contributed by atoms with van der Waals surface area (Å²) in [7, 11) is 1.63. The van der Waals surface area contributed by atoms with E-state index in [-0.39, 0.29) is 17.5 Å². The molecule has 0 aliphatic heterocycles. The van der Waals surface area contributed by atoms with Gasteiger partial charge in [-0.1, -0.05) is 26.0 Å². The lowest BCUT2D eigenvalue weighted by atomic mass is 10.0. The number of hydrogen-bond donors (Lipinski definition) is 1. The molecule has 0 saturated heterocycles. The lowest BCUT2D eigenvalue weighted by molar-refractivity contribution is -0.386. The fraction of sp³-hybridized carbons (Fsp3) is 0.286. The Balaban J connectivity index is 2.31. The molecular weight excluding hydrogens is 272 g/mol. The highest BCUT2D eigenvalue weighted by Crippen LogP contribution is 2.30. The van der Waals surface area contributed by atoms with E-state index in [1.54, 1.807) is 19.2 Å². The lowest BCUT2D eigenvalue weighted by Crippen LogP contribution is -2.02. The van der Waals surface area contributed by atoms with Crippen LogP contribution in [-0.4, -0.2) is 21.9 Å². The first-order chi connectivity index (χ1) is 10.0. The predicted molar refractivity (Wildman–Crippen MR) is 78.8 cm³/mol. The predicted octanol–water partition coefficient (Wildman–Crippen LogP) is 3.34. The van der Waals surface area contributed by atoms with Gasteiger partial charge in [0.2, 0.25) is 5.95 Å². The van der Waals surface area contributed by atoms with Crippen LogP contribution in [0.25, 0.3) is 0 Å². The molecule has 2 rings (SSSR count). The van der Waals surface area contributed by atoms with Crippen LogP contribution in [0.1, 0.15) is 25.3 Å². The molecule has 2 aromatic rings. The van der Waals surface area contributed by atoms with Crippen molar-refractivity contribution in [2.75, 3.05) is 12.4 Å². The van der Waals surface area contributed by atoms with E-state index in [1.165, 1.54) is 0 Å². The second-order valence-electron chi connectivity index (χ2n) is 4.72. The molecule has 0 bridgehead atoms. The molecule has 110 valence electrons. The van der Waals surface area contributed by atoms with E-state index in [4.69, 9.17) is 4.74 Å². The lowest BCUT2D eigenvalue weighted by Gasteiger charge is -2.08. The first-order valence-electron chi connectivity index (χ1n) is 6.48. The van der Waals surface area contributed by atoms with Gasteiger partial charge in [-0.3, -0.25) is 10.1 Å². The van der Waals surface area contributed by atoms with Gasteiger partial charge in [-0.05, 0) is 23.6 Å². The van der Waals surface area contributed by atoms with Crippen molar-refractivity contribution in [3.8, 4) is 11.6 Å². The third-order valence-corrected chi connectivity index (χ3v) is 2.92. The van der Waals surface area contributed by atoms with E-state index >= 15 is 0 Å². The van der Waals surface area contributed by atoms with Crippen LogP contribution in [0.5, 0.6) is 11.6 Å². The van der Waals surface area contributed by atoms with Crippen molar-refractivity contribution in [1.29, 1.82) is 0 Å². The Morgan fingerprint density at radius 2 is 1.95 bits per heavy atom. The molecule has 7 heteroatoms. The molecule has 0 radical (unpaired) electrons. The summed E-state index contributed by atoms with van der Waals surface area (Å²) < 4.78 is 5.52. The molecule has 0 unspecified atom stereocenters. The number of ether oxygens (including phenoxy) is 1. The largest absolute Gasteiger partial charge is 0.434 e. The van der Waals surface area contributed by atoms with Crippen LogP contribution in [0, 0.1) is 10.1 Å². The van der Waals surface area contributed by atoms with E-state index in [0.29, 0.717) is 11.7 Å². The minimum Gasteiger partial charge on any atom is -0.434 e. The van der Waals surface area contributed by atoms with Gasteiger partial charge in [-0.15, -0.1) is 0 Å². The molecule has 1 N–H and O–H groups in total. The Bertz CT molecular complexity index is 641. The summed E-state index contributed by atoms with van der Waals surface area (Å²) in [5.41, 5.74) is 0.886. The summed E-state index contributed by atoms with van der Waals surface area (Å²) in [5, 5.41) is 13.7. The Hall–Kier alpha value is -2.70. The SMILES string of the molecule is CNc1ncc([N+](=O)[O-])c(Oc2ccc(C(C)C)cc2)n1. The monoisotopic (exact) mass is 288 g/mol. The minimum absolute atomic E-state index is 0.0864. The number of rotatable bonds is 5. The zero-order chi connectivity index (χ0) is 15.4. The van der Waals surface area contributed by atoms with Crippen molar-refractivity contribution >= 4 is 11.6 Å². The Kier molecular flexibility index (Phi) is 4.32. The topological polar surface area (TPSA) is 90.2 Å². The van der Waals surface area contributed by atoms with Crippen molar-refractivity contribution < 1.29 is 9.66 Å². The molecule has 21 heavy (non-hydrogen) atoms. The maximum absolute atomic E-state index is 11.0. The van der Waals surface area contributed by atoms with Crippen molar-refractivity contribution in [2.24, 2.45) is 0 Å². The standard InChI is InChI=1S/C14H16N4O3/c1-9(2)10-4-6-11(7-5-10)21-13-12(18(19)20)8-16-14(15-3)17-13/h4-9H,1-3H3,(H,15,16,17). The maximum atomic E-state index is 11.0. The van der Waals surface area contributed by atoms with Crippen LogP contribution in [0.15, 0.2) is 30.5 Å². The van der Waals surface area contributed by atoms with Gasteiger partial charge in [-0.25, -0.2) is 4.98 Å². The highest BCUT2D eigenvalue weighted by atomic mass is 16.6. The number of nitrogens with zero attached hydrogens (tertiary/aromatic N) is 3. The van der Waals surface area contributed by atoms with Crippen molar-refractivity contribution in [1.82, 2.24) is 9.97 Å². The van der Waals surface area contributed by atoms with Crippen LogP contribution in [0.4, 0.5) is 11.6 Å². The molecule has 0 amide bonds. The number of aromatic nitrogens is 2. The summed E-state index contributed by atoms with van der Waals surface area (Å²) in [6.07, 6.45) is 1.12. The van der Waals surface area contributed by atoms with Crippen LogP contribution < -0.4 is 10.1 Å². The fourth-order valence-electron chi connectivity index (χ4n) is 1.71. The van der Waals surface area contributed by atoms with Gasteiger partial charge < -0.3 is 10.1 Å². The van der Waals surface area contributed by atoms with Crippen molar-refractivity contribution in [2.45, 2.75) is 19.8 Å². The Labute approximate surface area is 122 Å². The molecule has 1 aromatic carbocycles. The molecule has 0 atom stereocenters. The molecule has 1 heterocycles. The number of benzene rings is 1. The zero-order valence-electron chi connectivity index (χ0n) is 12.0. The van der Waals surface area contributed by atoms with Gasteiger partial charge in [0, 0.05) is 7.05 Å². The number of nitrogens with one attached hydrogen (secondary N) is 1. The third-order valence-electron chi connectivity index (χ3n) is 2.92. The first-order valence-corrected chi connectivity index (χ1v) is 6.48. The molecule has 1 aromatic heterocycles. The Morgan fingerprint density at radius 3 is 2.48 bits per heavy atom. The van der Waals surface area contributed by atoms with Crippen molar-refractivity contribution in [3.63, 3.8) is 0 Å². The molecule has 0 saturated carbocycles. The van der Waals surface area contributed by atoms with Gasteiger partial charge in [0.05, 0.1) is 4.92 Å². The second-order valence-corrected chi connectivity index (χ2v) is 4.72. The van der Waals surface area contributed by atoms with Gasteiger partial charge in [0.1, 0.15) is 11.9 Å².